The standard InChI is InChI=1S/C15H26N2O2.CH2O2/c1-9(18)16-12(14(2,3)4)13(19)17-7-10-11(8-17)15(10,5)6;2-1-3/h10-12H,7-8H2,1-6H3,(H,16,18);1H,(H,2,3). The number of carboxylic acid groups (broad SMARTS) is 1. The van der Waals surface area contributed by atoms with Gasteiger partial charge in [-0.2, -0.15) is 0 Å². The van der Waals surface area contributed by atoms with Crippen molar-refractivity contribution in [3.05, 3.63) is 0 Å². The normalized spacial score (nSPS) is 26.2. The number of fused-ring (bicyclic) bond motifs is 1. The topological polar surface area (TPSA) is 86.7 Å². The van der Waals surface area contributed by atoms with Crippen molar-refractivity contribution in [1.82, 2.24) is 10.2 Å². The molecule has 2 fully saturated rings. The van der Waals surface area contributed by atoms with Crippen molar-refractivity contribution < 1.29 is 19.5 Å². The summed E-state index contributed by atoms with van der Waals surface area (Å²) >= 11 is 0. The molecule has 3 unspecified atom stereocenters. The van der Waals surface area contributed by atoms with Crippen molar-refractivity contribution in [2.75, 3.05) is 13.1 Å². The molecule has 1 saturated carbocycles. The highest BCUT2D eigenvalue weighted by Crippen LogP contribution is 2.62. The highest BCUT2D eigenvalue weighted by atomic mass is 16.3. The van der Waals surface area contributed by atoms with Gasteiger partial charge < -0.3 is 15.3 Å². The van der Waals surface area contributed by atoms with Gasteiger partial charge in [-0.15, -0.1) is 0 Å². The van der Waals surface area contributed by atoms with Crippen LogP contribution in [-0.2, 0) is 14.4 Å². The van der Waals surface area contributed by atoms with Gasteiger partial charge in [-0.3, -0.25) is 14.4 Å². The van der Waals surface area contributed by atoms with Crippen LogP contribution in [0, 0.1) is 22.7 Å². The molecule has 1 aliphatic heterocycles. The summed E-state index contributed by atoms with van der Waals surface area (Å²) in [5.74, 6) is 1.23. The largest absolute Gasteiger partial charge is 0.483 e. The van der Waals surface area contributed by atoms with E-state index >= 15 is 0 Å². The number of amides is 2. The van der Waals surface area contributed by atoms with E-state index < -0.39 is 6.04 Å². The van der Waals surface area contributed by atoms with E-state index in [0.29, 0.717) is 17.3 Å². The van der Waals surface area contributed by atoms with Gasteiger partial charge >= 0.3 is 0 Å². The molecular formula is C16H28N2O4. The molecule has 1 aliphatic carbocycles. The summed E-state index contributed by atoms with van der Waals surface area (Å²) in [4.78, 5) is 34.2. The highest BCUT2D eigenvalue weighted by Gasteiger charge is 2.63. The van der Waals surface area contributed by atoms with Gasteiger partial charge in [0, 0.05) is 20.0 Å². The van der Waals surface area contributed by atoms with Gasteiger partial charge in [0.2, 0.25) is 11.8 Å². The lowest BCUT2D eigenvalue weighted by atomic mass is 9.85. The molecule has 6 nitrogen and oxygen atoms in total. The average molecular weight is 312 g/mol. The molecular weight excluding hydrogens is 284 g/mol. The van der Waals surface area contributed by atoms with E-state index in [1.54, 1.807) is 0 Å². The van der Waals surface area contributed by atoms with Crippen LogP contribution in [0.2, 0.25) is 0 Å². The van der Waals surface area contributed by atoms with Crippen LogP contribution in [0.3, 0.4) is 0 Å². The lowest BCUT2D eigenvalue weighted by Crippen LogP contribution is -2.54. The number of likely N-dealkylation sites (tertiary alicyclic amines) is 1. The minimum absolute atomic E-state index is 0.0747. The molecule has 0 aromatic heterocycles. The SMILES string of the molecule is CC(=O)NC(C(=O)N1CC2C(C1)C2(C)C)C(C)(C)C.O=CO. The number of hydrogen-bond acceptors (Lipinski definition) is 3. The number of nitrogens with zero attached hydrogens (tertiary/aromatic N) is 1. The van der Waals surface area contributed by atoms with Crippen molar-refractivity contribution in [1.29, 1.82) is 0 Å². The van der Waals surface area contributed by atoms with Gasteiger partial charge in [0.05, 0.1) is 0 Å². The Morgan fingerprint density at radius 2 is 1.68 bits per heavy atom. The zero-order valence-electron chi connectivity index (χ0n) is 14.3. The summed E-state index contributed by atoms with van der Waals surface area (Å²) in [5, 5.41) is 9.71. The maximum atomic E-state index is 12.6. The van der Waals surface area contributed by atoms with Crippen LogP contribution in [-0.4, -0.2) is 47.4 Å². The fourth-order valence-corrected chi connectivity index (χ4v) is 3.35. The van der Waals surface area contributed by atoms with Gasteiger partial charge in [-0.1, -0.05) is 34.6 Å². The van der Waals surface area contributed by atoms with Crippen LogP contribution < -0.4 is 5.32 Å². The number of rotatable bonds is 2. The van der Waals surface area contributed by atoms with Crippen LogP contribution in [0.25, 0.3) is 0 Å². The summed E-state index contributed by atoms with van der Waals surface area (Å²) < 4.78 is 0. The molecule has 0 aromatic carbocycles. The zero-order chi connectivity index (χ0) is 17.3. The van der Waals surface area contributed by atoms with Crippen molar-refractivity contribution in [3.8, 4) is 0 Å². The molecule has 0 aromatic rings. The summed E-state index contributed by atoms with van der Waals surface area (Å²) in [6.45, 7) is 13.4. The molecule has 2 N–H and O–H groups in total. The molecule has 0 radical (unpaired) electrons. The van der Waals surface area contributed by atoms with Gasteiger partial charge in [0.15, 0.2) is 0 Å². The third-order valence-corrected chi connectivity index (χ3v) is 4.89. The van der Waals surface area contributed by atoms with Crippen molar-refractivity contribution in [3.63, 3.8) is 0 Å². The molecule has 22 heavy (non-hydrogen) atoms. The Balaban J connectivity index is 0.000000745. The summed E-state index contributed by atoms with van der Waals surface area (Å²) in [5.41, 5.74) is 0.146. The summed E-state index contributed by atoms with van der Waals surface area (Å²) in [6, 6.07) is -0.425. The van der Waals surface area contributed by atoms with E-state index in [1.165, 1.54) is 6.92 Å². The Hall–Kier alpha value is -1.59. The second-order valence-corrected chi connectivity index (χ2v) is 7.88. The van der Waals surface area contributed by atoms with Crippen molar-refractivity contribution in [2.24, 2.45) is 22.7 Å². The summed E-state index contributed by atoms with van der Waals surface area (Å²) in [7, 11) is 0. The molecule has 0 bridgehead atoms. The van der Waals surface area contributed by atoms with Crippen LogP contribution in [0.4, 0.5) is 0 Å². The first kappa shape index (κ1) is 18.5. The molecule has 0 spiro atoms. The van der Waals surface area contributed by atoms with Crippen LogP contribution in [0.15, 0.2) is 0 Å². The fraction of sp³-hybridized carbons (Fsp3) is 0.812. The predicted molar refractivity (Wildman–Crippen MR) is 83.1 cm³/mol. The molecule has 1 heterocycles. The minimum atomic E-state index is -0.425. The van der Waals surface area contributed by atoms with E-state index in [9.17, 15) is 9.59 Å². The first-order valence-electron chi connectivity index (χ1n) is 7.60. The number of carbonyl (C=O) groups is 3. The average Bonchev–Trinajstić information content (AvgIpc) is 2.77. The lowest BCUT2D eigenvalue weighted by molar-refractivity contribution is -0.138. The maximum Gasteiger partial charge on any atom is 0.290 e. The second kappa shape index (κ2) is 6.26. The van der Waals surface area contributed by atoms with Crippen molar-refractivity contribution in [2.45, 2.75) is 47.6 Å². The fourth-order valence-electron chi connectivity index (χ4n) is 3.35. The van der Waals surface area contributed by atoms with E-state index in [0.717, 1.165) is 13.1 Å². The van der Waals surface area contributed by atoms with E-state index in [-0.39, 0.29) is 23.7 Å². The van der Waals surface area contributed by atoms with Crippen LogP contribution >= 0.6 is 0 Å². The number of nitrogens with one attached hydrogen (secondary N) is 1. The van der Waals surface area contributed by atoms with Crippen molar-refractivity contribution >= 4 is 18.3 Å². The molecule has 3 atom stereocenters. The van der Waals surface area contributed by atoms with Gasteiger partial charge in [-0.25, -0.2) is 0 Å². The maximum absolute atomic E-state index is 12.6. The number of piperidine rings is 1. The molecule has 126 valence electrons. The monoisotopic (exact) mass is 312 g/mol. The van der Waals surface area contributed by atoms with E-state index in [4.69, 9.17) is 9.90 Å². The van der Waals surface area contributed by atoms with Gasteiger partial charge in [0.1, 0.15) is 6.04 Å². The van der Waals surface area contributed by atoms with Crippen LogP contribution in [0.5, 0.6) is 0 Å². The molecule has 6 heteroatoms. The first-order chi connectivity index (χ1) is 9.96. The van der Waals surface area contributed by atoms with Crippen LogP contribution in [0.1, 0.15) is 41.5 Å². The molecule has 2 rings (SSSR count). The minimum Gasteiger partial charge on any atom is -0.483 e. The summed E-state index contributed by atoms with van der Waals surface area (Å²) in [6.07, 6.45) is 0. The second-order valence-electron chi connectivity index (χ2n) is 7.88. The smallest absolute Gasteiger partial charge is 0.290 e. The Kier molecular flexibility index (Phi) is 5.25. The van der Waals surface area contributed by atoms with E-state index in [2.05, 4.69) is 19.2 Å². The third-order valence-electron chi connectivity index (χ3n) is 4.89. The third kappa shape index (κ3) is 3.78. The zero-order valence-corrected chi connectivity index (χ0v) is 14.3. The Labute approximate surface area is 132 Å². The van der Waals surface area contributed by atoms with Gasteiger partial charge in [-0.05, 0) is 22.7 Å². The highest BCUT2D eigenvalue weighted by molar-refractivity contribution is 5.88. The molecule has 2 amide bonds. The number of hydrogen-bond donors (Lipinski definition) is 2. The van der Waals surface area contributed by atoms with Gasteiger partial charge in [0.25, 0.3) is 6.47 Å². The Bertz CT molecular complexity index is 440. The molecule has 2 aliphatic rings. The quantitative estimate of drug-likeness (QED) is 0.754. The molecule has 1 saturated heterocycles. The lowest BCUT2D eigenvalue weighted by Gasteiger charge is -2.34. The Morgan fingerprint density at radius 1 is 1.27 bits per heavy atom. The predicted octanol–water partition coefficient (Wildman–Crippen LogP) is 1.35. The van der Waals surface area contributed by atoms with E-state index in [1.807, 2.05) is 25.7 Å². The number of carbonyl (C=O) groups excluding carboxylic acids is 2. The first-order valence-corrected chi connectivity index (χ1v) is 7.60. The Morgan fingerprint density at radius 3 is 2.00 bits per heavy atom.